The number of carbonyl (C=O) groups excluding carboxylic acids is 1. The SMILES string of the molecule is CN1CC2CC(c3ccc(Cn4nc(C(N)=O)c5ccccc54)cc3)CC(C1)N2C. The van der Waals surface area contributed by atoms with Crippen LogP contribution in [0, 0.1) is 0 Å². The quantitative estimate of drug-likeness (QED) is 0.727. The van der Waals surface area contributed by atoms with Crippen molar-refractivity contribution in [3.63, 3.8) is 0 Å². The summed E-state index contributed by atoms with van der Waals surface area (Å²) in [5, 5.41) is 5.29. The van der Waals surface area contributed by atoms with E-state index in [1.807, 2.05) is 28.9 Å². The van der Waals surface area contributed by atoms with E-state index in [0.717, 1.165) is 24.0 Å². The van der Waals surface area contributed by atoms with Crippen LogP contribution in [0.3, 0.4) is 0 Å². The van der Waals surface area contributed by atoms with E-state index < -0.39 is 5.91 Å². The number of nitrogens with zero attached hydrogens (tertiary/aromatic N) is 4. The van der Waals surface area contributed by atoms with Gasteiger partial charge >= 0.3 is 0 Å². The van der Waals surface area contributed by atoms with Crippen molar-refractivity contribution in [2.45, 2.75) is 37.4 Å². The highest BCUT2D eigenvalue weighted by atomic mass is 16.1. The van der Waals surface area contributed by atoms with E-state index in [2.05, 4.69) is 53.3 Å². The van der Waals surface area contributed by atoms with Gasteiger partial charge in [0.2, 0.25) is 0 Å². The molecule has 2 atom stereocenters. The summed E-state index contributed by atoms with van der Waals surface area (Å²) in [4.78, 5) is 16.8. The number of rotatable bonds is 4. The summed E-state index contributed by atoms with van der Waals surface area (Å²) in [6.07, 6.45) is 2.45. The minimum atomic E-state index is -0.487. The first-order chi connectivity index (χ1) is 14.5. The third kappa shape index (κ3) is 3.40. The van der Waals surface area contributed by atoms with Crippen molar-refractivity contribution in [2.75, 3.05) is 27.2 Å². The van der Waals surface area contributed by atoms with Gasteiger partial charge in [0, 0.05) is 30.6 Å². The maximum Gasteiger partial charge on any atom is 0.269 e. The lowest BCUT2D eigenvalue weighted by Crippen LogP contribution is -2.59. The second kappa shape index (κ2) is 7.52. The number of nitrogens with two attached hydrogens (primary N) is 1. The van der Waals surface area contributed by atoms with Crippen LogP contribution in [-0.4, -0.2) is 64.8 Å². The summed E-state index contributed by atoms with van der Waals surface area (Å²) >= 11 is 0. The Morgan fingerprint density at radius 3 is 2.37 bits per heavy atom. The molecule has 2 bridgehead atoms. The lowest BCUT2D eigenvalue weighted by molar-refractivity contribution is 0.0128. The Morgan fingerprint density at radius 2 is 1.70 bits per heavy atom. The lowest BCUT2D eigenvalue weighted by atomic mass is 9.79. The molecule has 2 unspecified atom stereocenters. The van der Waals surface area contributed by atoms with E-state index in [4.69, 9.17) is 5.73 Å². The molecule has 2 N–H and O–H groups in total. The Bertz CT molecular complexity index is 1060. The molecule has 2 fully saturated rings. The number of amides is 1. The number of carbonyl (C=O) groups is 1. The fraction of sp³-hybridized carbons (Fsp3) is 0.417. The van der Waals surface area contributed by atoms with Crippen LogP contribution >= 0.6 is 0 Å². The number of hydrogen-bond acceptors (Lipinski definition) is 4. The smallest absolute Gasteiger partial charge is 0.269 e. The molecular weight excluding hydrogens is 374 g/mol. The van der Waals surface area contributed by atoms with Gasteiger partial charge in [0.25, 0.3) is 5.91 Å². The Kier molecular flexibility index (Phi) is 4.83. The van der Waals surface area contributed by atoms with Crippen LogP contribution in [-0.2, 0) is 6.54 Å². The zero-order valence-corrected chi connectivity index (χ0v) is 17.7. The van der Waals surface area contributed by atoms with Gasteiger partial charge in [-0.1, -0.05) is 42.5 Å². The van der Waals surface area contributed by atoms with Crippen molar-refractivity contribution in [2.24, 2.45) is 5.73 Å². The fourth-order valence-corrected chi connectivity index (χ4v) is 5.35. The van der Waals surface area contributed by atoms with Gasteiger partial charge in [-0.2, -0.15) is 5.10 Å². The Balaban J connectivity index is 1.35. The first-order valence-corrected chi connectivity index (χ1v) is 10.7. The molecule has 2 aromatic carbocycles. The van der Waals surface area contributed by atoms with Gasteiger partial charge in [0.1, 0.15) is 0 Å². The molecule has 2 aliphatic rings. The number of hydrogen-bond donors (Lipinski definition) is 1. The van der Waals surface area contributed by atoms with Gasteiger partial charge in [-0.25, -0.2) is 0 Å². The molecule has 2 saturated heterocycles. The van der Waals surface area contributed by atoms with Crippen molar-refractivity contribution in [1.29, 1.82) is 0 Å². The van der Waals surface area contributed by atoms with Gasteiger partial charge in [-0.15, -0.1) is 0 Å². The molecule has 0 spiro atoms. The van der Waals surface area contributed by atoms with Gasteiger partial charge in [0.05, 0.1) is 12.1 Å². The normalized spacial score (nSPS) is 24.9. The number of aromatic nitrogens is 2. The molecule has 6 nitrogen and oxygen atoms in total. The second-order valence-electron chi connectivity index (χ2n) is 8.99. The number of para-hydroxylation sites is 1. The fourth-order valence-electron chi connectivity index (χ4n) is 5.35. The molecule has 1 aromatic heterocycles. The third-order valence-electron chi connectivity index (χ3n) is 6.98. The van der Waals surface area contributed by atoms with E-state index in [1.165, 1.54) is 24.0 Å². The molecule has 0 aliphatic carbocycles. The first-order valence-electron chi connectivity index (χ1n) is 10.7. The Hall–Kier alpha value is -2.70. The van der Waals surface area contributed by atoms with Crippen molar-refractivity contribution in [3.05, 3.63) is 65.4 Å². The standard InChI is InChI=1S/C24H29N5O/c1-27-14-19-11-18(12-20(15-27)28(19)2)17-9-7-16(8-10-17)13-29-22-6-4-3-5-21(22)23(26-29)24(25)30/h3-10,18-20H,11-15H2,1-2H3,(H2,25,30). The number of piperidine rings is 1. The summed E-state index contributed by atoms with van der Waals surface area (Å²) in [5.74, 6) is 0.143. The number of benzene rings is 2. The molecule has 5 rings (SSSR count). The van der Waals surface area contributed by atoms with Crippen LogP contribution < -0.4 is 5.73 Å². The highest BCUT2D eigenvalue weighted by molar-refractivity contribution is 6.04. The predicted molar refractivity (Wildman–Crippen MR) is 119 cm³/mol. The van der Waals surface area contributed by atoms with Gasteiger partial charge < -0.3 is 10.6 Å². The number of fused-ring (bicyclic) bond motifs is 3. The Labute approximate surface area is 177 Å². The van der Waals surface area contributed by atoms with E-state index in [0.29, 0.717) is 30.2 Å². The summed E-state index contributed by atoms with van der Waals surface area (Å²) < 4.78 is 1.88. The van der Waals surface area contributed by atoms with Crippen molar-refractivity contribution >= 4 is 16.8 Å². The number of piperazine rings is 1. The topological polar surface area (TPSA) is 67.4 Å². The molecule has 156 valence electrons. The Morgan fingerprint density at radius 1 is 1.03 bits per heavy atom. The van der Waals surface area contributed by atoms with Gasteiger partial charge in [-0.05, 0) is 50.0 Å². The molecule has 6 heteroatoms. The van der Waals surface area contributed by atoms with E-state index in [1.54, 1.807) is 0 Å². The summed E-state index contributed by atoms with van der Waals surface area (Å²) in [6, 6.07) is 18.0. The molecule has 30 heavy (non-hydrogen) atoms. The van der Waals surface area contributed by atoms with Crippen LogP contribution in [0.1, 0.15) is 40.4 Å². The average Bonchev–Trinajstić information content (AvgIpc) is 3.09. The summed E-state index contributed by atoms with van der Waals surface area (Å²) in [5.41, 5.74) is 9.41. The first kappa shape index (κ1) is 19.3. The zero-order valence-electron chi connectivity index (χ0n) is 17.7. The van der Waals surface area contributed by atoms with Crippen LogP contribution in [0.4, 0.5) is 0 Å². The molecule has 0 saturated carbocycles. The van der Waals surface area contributed by atoms with E-state index in [9.17, 15) is 4.79 Å². The highest BCUT2D eigenvalue weighted by Crippen LogP contribution is 2.37. The monoisotopic (exact) mass is 403 g/mol. The predicted octanol–water partition coefficient (Wildman–Crippen LogP) is 2.68. The third-order valence-corrected chi connectivity index (χ3v) is 6.98. The van der Waals surface area contributed by atoms with Gasteiger partial charge in [0.15, 0.2) is 5.69 Å². The van der Waals surface area contributed by atoms with Crippen LogP contribution in [0.5, 0.6) is 0 Å². The number of primary amides is 1. The minimum absolute atomic E-state index is 0.338. The molecule has 0 radical (unpaired) electrons. The lowest BCUT2D eigenvalue weighted by Gasteiger charge is -2.50. The van der Waals surface area contributed by atoms with Crippen molar-refractivity contribution in [1.82, 2.24) is 19.6 Å². The number of likely N-dealkylation sites (N-methyl/N-ethyl adjacent to an activating group) is 2. The largest absolute Gasteiger partial charge is 0.364 e. The second-order valence-corrected chi connectivity index (χ2v) is 8.99. The molecule has 3 aromatic rings. The summed E-state index contributed by atoms with van der Waals surface area (Å²) in [7, 11) is 4.53. The van der Waals surface area contributed by atoms with Crippen LogP contribution in [0.25, 0.3) is 10.9 Å². The maximum atomic E-state index is 11.8. The average molecular weight is 404 g/mol. The molecular formula is C24H29N5O. The van der Waals surface area contributed by atoms with Crippen molar-refractivity contribution < 1.29 is 4.79 Å². The van der Waals surface area contributed by atoms with Crippen LogP contribution in [0.15, 0.2) is 48.5 Å². The molecule has 1 amide bonds. The van der Waals surface area contributed by atoms with E-state index >= 15 is 0 Å². The summed E-state index contributed by atoms with van der Waals surface area (Å²) in [6.45, 7) is 2.95. The van der Waals surface area contributed by atoms with E-state index in [-0.39, 0.29) is 0 Å². The van der Waals surface area contributed by atoms with Gasteiger partial charge in [-0.3, -0.25) is 14.4 Å². The van der Waals surface area contributed by atoms with Crippen LogP contribution in [0.2, 0.25) is 0 Å². The molecule has 3 heterocycles. The zero-order chi connectivity index (χ0) is 20.8. The highest BCUT2D eigenvalue weighted by Gasteiger charge is 2.38. The molecule has 2 aliphatic heterocycles. The van der Waals surface area contributed by atoms with Crippen molar-refractivity contribution in [3.8, 4) is 0 Å². The minimum Gasteiger partial charge on any atom is -0.364 e. The maximum absolute atomic E-state index is 11.8. The number of likely N-dealkylation sites (tertiary alicyclic amines) is 1.